The van der Waals surface area contributed by atoms with Crippen LogP contribution >= 0.6 is 11.3 Å². The molecule has 3 aliphatic carbocycles. The molecule has 7 heteroatoms. The summed E-state index contributed by atoms with van der Waals surface area (Å²) in [5.41, 5.74) is 2.07. The van der Waals surface area contributed by atoms with Gasteiger partial charge >= 0.3 is 0 Å². The Bertz CT molecular complexity index is 960. The molecule has 3 aliphatic rings. The molecule has 1 amide bonds. The Labute approximate surface area is 187 Å². The van der Waals surface area contributed by atoms with Gasteiger partial charge in [-0.25, -0.2) is 4.98 Å². The van der Waals surface area contributed by atoms with Crippen LogP contribution in [0.4, 0.5) is 10.8 Å². The molecule has 0 saturated heterocycles. The molecule has 0 spiro atoms. The number of rotatable bonds is 5. The average molecular weight is 441 g/mol. The molecular formula is C24H32N4O2S. The molecule has 0 aromatic carbocycles. The molecule has 3 N–H and O–H groups in total. The van der Waals surface area contributed by atoms with E-state index in [1.165, 1.54) is 4.88 Å². The fourth-order valence-corrected chi connectivity index (χ4v) is 7.20. The predicted octanol–water partition coefficient (Wildman–Crippen LogP) is 4.25. The molecule has 2 saturated carbocycles. The summed E-state index contributed by atoms with van der Waals surface area (Å²) in [6, 6.07) is 4.25. The van der Waals surface area contributed by atoms with E-state index in [1.54, 1.807) is 23.7 Å². The number of carbonyl (C=O) groups excluding carboxylic acids is 1. The third-order valence-electron chi connectivity index (χ3n) is 7.81. The van der Waals surface area contributed by atoms with Crippen molar-refractivity contribution in [2.75, 3.05) is 5.32 Å². The van der Waals surface area contributed by atoms with Crippen LogP contribution < -0.4 is 10.6 Å². The maximum atomic E-state index is 12.7. The smallest absolute Gasteiger partial charge is 0.223 e. The molecule has 6 unspecified atom stereocenters. The van der Waals surface area contributed by atoms with Crippen molar-refractivity contribution in [2.24, 2.45) is 23.2 Å². The lowest BCUT2D eigenvalue weighted by molar-refractivity contribution is -0.134. The summed E-state index contributed by atoms with van der Waals surface area (Å²) >= 11 is 1.72. The van der Waals surface area contributed by atoms with Crippen molar-refractivity contribution < 1.29 is 9.90 Å². The molecular weight excluding hydrogens is 408 g/mol. The summed E-state index contributed by atoms with van der Waals surface area (Å²) in [4.78, 5) is 23.1. The topological polar surface area (TPSA) is 87.1 Å². The third-order valence-corrected chi connectivity index (χ3v) is 8.80. The number of anilines is 2. The van der Waals surface area contributed by atoms with Gasteiger partial charge in [0.1, 0.15) is 0 Å². The monoisotopic (exact) mass is 440 g/mol. The van der Waals surface area contributed by atoms with Gasteiger partial charge in [-0.05, 0) is 61.5 Å². The second-order valence-corrected chi connectivity index (χ2v) is 11.2. The van der Waals surface area contributed by atoms with Crippen LogP contribution in [0.3, 0.4) is 0 Å². The van der Waals surface area contributed by atoms with Gasteiger partial charge in [-0.1, -0.05) is 20.8 Å². The SMILES string of the molecule is CC(C(=O)NC1CC1)C1CCC2(C)Cc3sc(Nc4cccnc4)nc3C(C)C2C1O. The maximum absolute atomic E-state index is 12.7. The molecule has 0 radical (unpaired) electrons. The number of hydrogen-bond acceptors (Lipinski definition) is 6. The van der Waals surface area contributed by atoms with Gasteiger partial charge in [-0.15, -0.1) is 11.3 Å². The van der Waals surface area contributed by atoms with Crippen molar-refractivity contribution in [3.8, 4) is 0 Å². The summed E-state index contributed by atoms with van der Waals surface area (Å²) in [6.45, 7) is 6.51. The molecule has 6 nitrogen and oxygen atoms in total. The quantitative estimate of drug-likeness (QED) is 0.647. The second kappa shape index (κ2) is 7.85. The van der Waals surface area contributed by atoms with Crippen LogP contribution in [-0.4, -0.2) is 33.1 Å². The maximum Gasteiger partial charge on any atom is 0.223 e. The summed E-state index contributed by atoms with van der Waals surface area (Å²) in [7, 11) is 0. The Morgan fingerprint density at radius 2 is 2.16 bits per heavy atom. The lowest BCUT2D eigenvalue weighted by Crippen LogP contribution is -2.53. The van der Waals surface area contributed by atoms with Crippen molar-refractivity contribution in [3.05, 3.63) is 35.1 Å². The highest BCUT2D eigenvalue weighted by molar-refractivity contribution is 7.15. The van der Waals surface area contributed by atoms with Gasteiger partial charge in [0.05, 0.1) is 23.7 Å². The normalized spacial score (nSPS) is 33.2. The number of thiazole rings is 1. The van der Waals surface area contributed by atoms with Gasteiger partial charge < -0.3 is 15.7 Å². The summed E-state index contributed by atoms with van der Waals surface area (Å²) in [5, 5.41) is 18.9. The van der Waals surface area contributed by atoms with Crippen molar-refractivity contribution in [3.63, 3.8) is 0 Å². The number of nitrogens with one attached hydrogen (secondary N) is 2. The van der Waals surface area contributed by atoms with E-state index in [4.69, 9.17) is 4.98 Å². The largest absolute Gasteiger partial charge is 0.392 e. The van der Waals surface area contributed by atoms with Crippen molar-refractivity contribution in [2.45, 2.75) is 70.9 Å². The predicted molar refractivity (Wildman–Crippen MR) is 122 cm³/mol. The lowest BCUT2D eigenvalue weighted by atomic mass is 9.53. The zero-order valence-electron chi connectivity index (χ0n) is 18.5. The fourth-order valence-electron chi connectivity index (χ4n) is 5.91. The molecule has 166 valence electrons. The Hall–Kier alpha value is -1.99. The summed E-state index contributed by atoms with van der Waals surface area (Å²) in [6.07, 6.45) is 8.12. The summed E-state index contributed by atoms with van der Waals surface area (Å²) < 4.78 is 0. The fraction of sp³-hybridized carbons (Fsp3) is 0.625. The first kappa shape index (κ1) is 20.9. The minimum absolute atomic E-state index is 0.00690. The first-order valence-electron chi connectivity index (χ1n) is 11.5. The van der Waals surface area contributed by atoms with E-state index < -0.39 is 6.10 Å². The highest BCUT2D eigenvalue weighted by Gasteiger charge is 2.54. The van der Waals surface area contributed by atoms with Gasteiger partial charge in [-0.3, -0.25) is 9.78 Å². The summed E-state index contributed by atoms with van der Waals surface area (Å²) in [5.74, 6) is 0.226. The number of carbonyl (C=O) groups is 1. The van der Waals surface area contributed by atoms with E-state index in [1.807, 2.05) is 19.1 Å². The number of aliphatic hydroxyl groups is 1. The van der Waals surface area contributed by atoms with Crippen LogP contribution in [0.2, 0.25) is 0 Å². The Morgan fingerprint density at radius 1 is 1.35 bits per heavy atom. The zero-order chi connectivity index (χ0) is 21.8. The number of aliphatic hydroxyl groups excluding tert-OH is 1. The molecule has 6 atom stereocenters. The Morgan fingerprint density at radius 3 is 2.87 bits per heavy atom. The highest BCUT2D eigenvalue weighted by Crippen LogP contribution is 2.57. The van der Waals surface area contributed by atoms with Gasteiger partial charge in [0.25, 0.3) is 0 Å². The number of pyridine rings is 1. The molecule has 0 aliphatic heterocycles. The number of hydrogen-bond donors (Lipinski definition) is 3. The van der Waals surface area contributed by atoms with E-state index in [0.29, 0.717) is 6.04 Å². The Balaban J connectivity index is 1.37. The van der Waals surface area contributed by atoms with E-state index in [2.05, 4.69) is 29.5 Å². The molecule has 2 aromatic rings. The van der Waals surface area contributed by atoms with Crippen molar-refractivity contribution in [1.29, 1.82) is 0 Å². The molecule has 31 heavy (non-hydrogen) atoms. The minimum Gasteiger partial charge on any atom is -0.392 e. The number of nitrogens with zero attached hydrogens (tertiary/aromatic N) is 2. The average Bonchev–Trinajstić information content (AvgIpc) is 3.46. The van der Waals surface area contributed by atoms with Crippen molar-refractivity contribution in [1.82, 2.24) is 15.3 Å². The lowest BCUT2D eigenvalue weighted by Gasteiger charge is -2.53. The van der Waals surface area contributed by atoms with E-state index >= 15 is 0 Å². The molecule has 5 rings (SSSR count). The zero-order valence-corrected chi connectivity index (χ0v) is 19.3. The molecule has 0 bridgehead atoms. The molecule has 2 fully saturated rings. The molecule has 2 heterocycles. The van der Waals surface area contributed by atoms with Crippen molar-refractivity contribution >= 4 is 28.1 Å². The van der Waals surface area contributed by atoms with Crippen LogP contribution in [0.5, 0.6) is 0 Å². The van der Waals surface area contributed by atoms with E-state index in [-0.39, 0.29) is 35.0 Å². The van der Waals surface area contributed by atoms with Crippen LogP contribution in [0.25, 0.3) is 0 Å². The van der Waals surface area contributed by atoms with Gasteiger partial charge in [0.2, 0.25) is 5.91 Å². The van der Waals surface area contributed by atoms with Gasteiger partial charge in [0.15, 0.2) is 5.13 Å². The second-order valence-electron chi connectivity index (χ2n) is 10.1. The highest BCUT2D eigenvalue weighted by atomic mass is 32.1. The third kappa shape index (κ3) is 3.87. The number of aromatic nitrogens is 2. The van der Waals surface area contributed by atoms with Crippen LogP contribution in [0.15, 0.2) is 24.5 Å². The molecule has 2 aromatic heterocycles. The first-order valence-corrected chi connectivity index (χ1v) is 12.3. The van der Waals surface area contributed by atoms with E-state index in [9.17, 15) is 9.90 Å². The Kier molecular flexibility index (Phi) is 5.29. The van der Waals surface area contributed by atoms with Crippen LogP contribution in [-0.2, 0) is 11.2 Å². The van der Waals surface area contributed by atoms with Crippen LogP contribution in [0.1, 0.15) is 62.9 Å². The van der Waals surface area contributed by atoms with Gasteiger partial charge in [0, 0.05) is 29.0 Å². The number of amides is 1. The standard InChI is InChI=1S/C24H32N4O2S/c1-13(22(30)26-15-6-7-15)17-8-9-24(3)11-18-20(14(2)19(24)21(17)29)28-23(31-18)27-16-5-4-10-25-12-16/h4-5,10,12-15,17,19,21,29H,6-9,11H2,1-3H3,(H,26,30)(H,27,28). The first-order chi connectivity index (χ1) is 14.9. The minimum atomic E-state index is -0.488. The van der Waals surface area contributed by atoms with Crippen LogP contribution in [0, 0.1) is 23.2 Å². The number of fused-ring (bicyclic) bond motifs is 2. The van der Waals surface area contributed by atoms with E-state index in [0.717, 1.165) is 48.6 Å². The van der Waals surface area contributed by atoms with Gasteiger partial charge in [-0.2, -0.15) is 0 Å².